The van der Waals surface area contributed by atoms with E-state index in [1.54, 1.807) is 17.7 Å². The van der Waals surface area contributed by atoms with Gasteiger partial charge in [-0.1, -0.05) is 0 Å². The molecule has 21 heavy (non-hydrogen) atoms. The molecule has 0 fully saturated rings. The molecule has 0 aromatic carbocycles. The summed E-state index contributed by atoms with van der Waals surface area (Å²) in [5.74, 6) is -1.34. The van der Waals surface area contributed by atoms with Crippen molar-refractivity contribution in [1.29, 1.82) is 0 Å². The van der Waals surface area contributed by atoms with Crippen molar-refractivity contribution in [1.82, 2.24) is 9.80 Å². The lowest BCUT2D eigenvalue weighted by molar-refractivity contribution is -0.146. The van der Waals surface area contributed by atoms with Gasteiger partial charge in [0.2, 0.25) is 5.91 Å². The van der Waals surface area contributed by atoms with Gasteiger partial charge >= 0.3 is 6.18 Å². The molecule has 2 amide bonds. The summed E-state index contributed by atoms with van der Waals surface area (Å²) >= 11 is 2.35. The number of thioether (sulfide) groups is 1. The van der Waals surface area contributed by atoms with Crippen molar-refractivity contribution in [3.8, 4) is 0 Å². The fourth-order valence-electron chi connectivity index (χ4n) is 1.48. The van der Waals surface area contributed by atoms with E-state index in [-0.39, 0.29) is 4.88 Å². The van der Waals surface area contributed by atoms with Crippen molar-refractivity contribution in [3.63, 3.8) is 0 Å². The predicted molar refractivity (Wildman–Crippen MR) is 76.8 cm³/mol. The first-order valence-electron chi connectivity index (χ1n) is 5.83. The van der Waals surface area contributed by atoms with Gasteiger partial charge in [-0.15, -0.1) is 23.1 Å². The van der Waals surface area contributed by atoms with E-state index < -0.39 is 31.1 Å². The molecule has 118 valence electrons. The number of thiophene rings is 1. The van der Waals surface area contributed by atoms with E-state index in [0.29, 0.717) is 9.80 Å². The molecule has 0 saturated heterocycles. The average Bonchev–Trinajstić information content (AvgIpc) is 2.83. The van der Waals surface area contributed by atoms with Gasteiger partial charge in [-0.05, 0) is 17.7 Å². The topological polar surface area (TPSA) is 40.6 Å². The van der Waals surface area contributed by atoms with Gasteiger partial charge in [0.05, 0.1) is 0 Å². The molecule has 1 aromatic heterocycles. The van der Waals surface area contributed by atoms with E-state index in [9.17, 15) is 22.8 Å². The largest absolute Gasteiger partial charge is 0.406 e. The first-order chi connectivity index (χ1) is 9.65. The van der Waals surface area contributed by atoms with Gasteiger partial charge in [0.15, 0.2) is 0 Å². The zero-order valence-electron chi connectivity index (χ0n) is 11.7. The minimum atomic E-state index is -4.56. The fourth-order valence-corrected chi connectivity index (χ4v) is 3.19. The van der Waals surface area contributed by atoms with Gasteiger partial charge in [-0.3, -0.25) is 9.59 Å². The third-order valence-corrected chi connectivity index (χ3v) is 4.34. The molecule has 1 heterocycles. The lowest BCUT2D eigenvalue weighted by Crippen LogP contribution is -2.44. The Morgan fingerprint density at radius 3 is 2.43 bits per heavy atom. The quantitative estimate of drug-likeness (QED) is 0.774. The molecular weight excluding hydrogens is 325 g/mol. The van der Waals surface area contributed by atoms with E-state index >= 15 is 0 Å². The normalized spacial score (nSPS) is 11.3. The Morgan fingerprint density at radius 2 is 1.95 bits per heavy atom. The molecule has 0 N–H and O–H groups in total. The van der Waals surface area contributed by atoms with Crippen LogP contribution in [0.2, 0.25) is 0 Å². The van der Waals surface area contributed by atoms with Crippen LogP contribution >= 0.6 is 23.1 Å². The van der Waals surface area contributed by atoms with E-state index in [4.69, 9.17) is 0 Å². The Bertz CT molecular complexity index is 515. The SMILES string of the molecule is CSc1ccsc1C(=O)N(CC(=O)N(C)C)CC(F)(F)F. The molecule has 0 aliphatic rings. The first-order valence-corrected chi connectivity index (χ1v) is 7.94. The molecule has 4 nitrogen and oxygen atoms in total. The number of carbonyl (C=O) groups is 2. The lowest BCUT2D eigenvalue weighted by Gasteiger charge is -2.24. The Hall–Kier alpha value is -1.22. The van der Waals surface area contributed by atoms with E-state index in [1.165, 1.54) is 25.9 Å². The average molecular weight is 340 g/mol. The number of halogens is 3. The lowest BCUT2D eigenvalue weighted by atomic mass is 10.3. The fraction of sp³-hybridized carbons (Fsp3) is 0.500. The van der Waals surface area contributed by atoms with Crippen LogP contribution in [-0.2, 0) is 4.79 Å². The highest BCUT2D eigenvalue weighted by Gasteiger charge is 2.35. The maximum atomic E-state index is 12.6. The highest BCUT2D eigenvalue weighted by Crippen LogP contribution is 2.28. The molecule has 0 atom stereocenters. The van der Waals surface area contributed by atoms with Crippen LogP contribution in [0.4, 0.5) is 13.2 Å². The maximum Gasteiger partial charge on any atom is 0.406 e. The number of carbonyl (C=O) groups excluding carboxylic acids is 2. The third-order valence-electron chi connectivity index (χ3n) is 2.53. The minimum absolute atomic E-state index is 0.221. The first kappa shape index (κ1) is 17.8. The number of amides is 2. The second-order valence-corrected chi connectivity index (χ2v) is 6.15. The van der Waals surface area contributed by atoms with Gasteiger partial charge in [0.25, 0.3) is 5.91 Å². The molecular formula is C12H15F3N2O2S2. The van der Waals surface area contributed by atoms with E-state index in [1.807, 2.05) is 0 Å². The zero-order chi connectivity index (χ0) is 16.2. The van der Waals surface area contributed by atoms with Crippen LogP contribution in [0.15, 0.2) is 16.3 Å². The Balaban J connectivity index is 3.00. The Labute approximate surface area is 128 Å². The highest BCUT2D eigenvalue weighted by molar-refractivity contribution is 7.98. The molecule has 1 rings (SSSR count). The summed E-state index contributed by atoms with van der Waals surface area (Å²) in [6.45, 7) is -2.05. The Kier molecular flexibility index (Phi) is 6.09. The molecule has 0 radical (unpaired) electrons. The molecule has 0 saturated carbocycles. The number of nitrogens with zero attached hydrogens (tertiary/aromatic N) is 2. The molecule has 0 unspecified atom stereocenters. The predicted octanol–water partition coefficient (Wildman–Crippen LogP) is 2.56. The second kappa shape index (κ2) is 7.17. The number of rotatable bonds is 5. The van der Waals surface area contributed by atoms with Crippen molar-refractivity contribution in [2.75, 3.05) is 33.4 Å². The van der Waals surface area contributed by atoms with Crippen molar-refractivity contribution >= 4 is 34.9 Å². The highest BCUT2D eigenvalue weighted by atomic mass is 32.2. The van der Waals surface area contributed by atoms with E-state index in [2.05, 4.69) is 0 Å². The number of hydrogen-bond acceptors (Lipinski definition) is 4. The Morgan fingerprint density at radius 1 is 1.33 bits per heavy atom. The number of hydrogen-bond donors (Lipinski definition) is 0. The van der Waals surface area contributed by atoms with Crippen molar-refractivity contribution in [2.45, 2.75) is 11.1 Å². The summed E-state index contributed by atoms with van der Waals surface area (Å²) in [4.78, 5) is 26.4. The summed E-state index contributed by atoms with van der Waals surface area (Å²) in [5.41, 5.74) is 0. The molecule has 0 bridgehead atoms. The van der Waals surface area contributed by atoms with Crippen molar-refractivity contribution in [3.05, 3.63) is 16.3 Å². The summed E-state index contributed by atoms with van der Waals surface area (Å²) < 4.78 is 37.9. The number of alkyl halides is 3. The van der Waals surface area contributed by atoms with Crippen molar-refractivity contribution < 1.29 is 22.8 Å². The molecule has 0 spiro atoms. The van der Waals surface area contributed by atoms with Crippen LogP contribution in [-0.4, -0.2) is 61.2 Å². The van der Waals surface area contributed by atoms with E-state index in [0.717, 1.165) is 16.2 Å². The molecule has 9 heteroatoms. The minimum Gasteiger partial charge on any atom is -0.347 e. The smallest absolute Gasteiger partial charge is 0.347 e. The van der Waals surface area contributed by atoms with Gasteiger partial charge in [0.1, 0.15) is 18.0 Å². The summed E-state index contributed by atoms with van der Waals surface area (Å²) in [6, 6.07) is 1.67. The standard InChI is InChI=1S/C12H15F3N2O2S2/c1-16(2)9(18)6-17(7-12(13,14)15)11(19)10-8(20-3)4-5-21-10/h4-5H,6-7H2,1-3H3. The monoisotopic (exact) mass is 340 g/mol. The summed E-state index contributed by atoms with van der Waals surface area (Å²) in [6.07, 6.45) is -2.82. The van der Waals surface area contributed by atoms with Gasteiger partial charge in [-0.25, -0.2) is 0 Å². The van der Waals surface area contributed by atoms with Crippen LogP contribution in [0.5, 0.6) is 0 Å². The van der Waals surface area contributed by atoms with Gasteiger partial charge in [0, 0.05) is 19.0 Å². The molecule has 0 aliphatic carbocycles. The van der Waals surface area contributed by atoms with Crippen molar-refractivity contribution in [2.24, 2.45) is 0 Å². The van der Waals surface area contributed by atoms with Crippen LogP contribution in [0.3, 0.4) is 0 Å². The van der Waals surface area contributed by atoms with Crippen LogP contribution < -0.4 is 0 Å². The summed E-state index contributed by atoms with van der Waals surface area (Å²) in [7, 11) is 2.86. The zero-order valence-corrected chi connectivity index (χ0v) is 13.4. The maximum absolute atomic E-state index is 12.6. The van der Waals surface area contributed by atoms with Crippen LogP contribution in [0, 0.1) is 0 Å². The second-order valence-electron chi connectivity index (χ2n) is 4.38. The summed E-state index contributed by atoms with van der Waals surface area (Å²) in [5, 5.41) is 1.64. The number of likely N-dealkylation sites (N-methyl/N-ethyl adjacent to an activating group) is 1. The molecule has 0 aliphatic heterocycles. The van der Waals surface area contributed by atoms with Crippen LogP contribution in [0.1, 0.15) is 9.67 Å². The van der Waals surface area contributed by atoms with Gasteiger partial charge in [-0.2, -0.15) is 13.2 Å². The molecule has 1 aromatic rings. The third kappa shape index (κ3) is 5.24. The van der Waals surface area contributed by atoms with Gasteiger partial charge < -0.3 is 9.80 Å². The van der Waals surface area contributed by atoms with Crippen LogP contribution in [0.25, 0.3) is 0 Å².